The van der Waals surface area contributed by atoms with Crippen LogP contribution in [0.25, 0.3) is 17.5 Å². The van der Waals surface area contributed by atoms with Crippen LogP contribution in [0.2, 0.25) is 0 Å². The van der Waals surface area contributed by atoms with Crippen molar-refractivity contribution in [2.75, 3.05) is 0 Å². The third kappa shape index (κ3) is 3.51. The summed E-state index contributed by atoms with van der Waals surface area (Å²) in [5.41, 5.74) is 2.11. The molecule has 0 saturated heterocycles. The standard InChI is InChI=1S/C16H14N4O2S/c1-20-16(17-18-19-20)13-10-12(7-8-15(21)22)23-14(13)9-11-5-3-2-4-6-11/h2-8,10H,9H2,1H3,(H,21,22)/b8-7+. The van der Waals surface area contributed by atoms with E-state index in [1.165, 1.54) is 5.56 Å². The Labute approximate surface area is 136 Å². The molecule has 3 aromatic rings. The third-order valence-electron chi connectivity index (χ3n) is 3.29. The molecule has 7 heteroatoms. The average Bonchev–Trinajstić information content (AvgIpc) is 3.12. The van der Waals surface area contributed by atoms with Crippen LogP contribution in [0.1, 0.15) is 15.3 Å². The molecule has 0 bridgehead atoms. The van der Waals surface area contributed by atoms with E-state index in [1.807, 2.05) is 24.3 Å². The molecule has 116 valence electrons. The zero-order valence-electron chi connectivity index (χ0n) is 12.4. The molecule has 1 aromatic carbocycles. The Hall–Kier alpha value is -2.80. The highest BCUT2D eigenvalue weighted by molar-refractivity contribution is 7.13. The zero-order valence-corrected chi connectivity index (χ0v) is 13.2. The molecule has 0 amide bonds. The second-order valence-electron chi connectivity index (χ2n) is 4.95. The van der Waals surface area contributed by atoms with Crippen molar-refractivity contribution in [1.82, 2.24) is 20.2 Å². The number of hydrogen-bond acceptors (Lipinski definition) is 5. The molecule has 2 aromatic heterocycles. The Morgan fingerprint density at radius 3 is 2.78 bits per heavy atom. The van der Waals surface area contributed by atoms with Crippen LogP contribution in [0.15, 0.2) is 42.5 Å². The van der Waals surface area contributed by atoms with Gasteiger partial charge in [0.05, 0.1) is 0 Å². The van der Waals surface area contributed by atoms with Crippen LogP contribution >= 0.6 is 11.3 Å². The lowest BCUT2D eigenvalue weighted by molar-refractivity contribution is -0.131. The van der Waals surface area contributed by atoms with Gasteiger partial charge in [0.25, 0.3) is 0 Å². The van der Waals surface area contributed by atoms with E-state index in [-0.39, 0.29) is 0 Å². The summed E-state index contributed by atoms with van der Waals surface area (Å²) in [6.07, 6.45) is 3.47. The molecule has 3 rings (SSSR count). The predicted molar refractivity (Wildman–Crippen MR) is 88.0 cm³/mol. The Morgan fingerprint density at radius 1 is 1.35 bits per heavy atom. The molecule has 0 fully saturated rings. The number of aryl methyl sites for hydroxylation is 1. The number of rotatable bonds is 5. The van der Waals surface area contributed by atoms with Crippen LogP contribution in [-0.2, 0) is 18.3 Å². The molecule has 0 aliphatic rings. The zero-order chi connectivity index (χ0) is 16.2. The van der Waals surface area contributed by atoms with Gasteiger partial charge in [-0.3, -0.25) is 0 Å². The summed E-state index contributed by atoms with van der Waals surface area (Å²) < 4.78 is 1.61. The van der Waals surface area contributed by atoms with Crippen LogP contribution in [0, 0.1) is 0 Å². The minimum atomic E-state index is -0.968. The molecular weight excluding hydrogens is 312 g/mol. The van der Waals surface area contributed by atoms with Crippen molar-refractivity contribution in [3.8, 4) is 11.4 Å². The molecule has 0 unspecified atom stereocenters. The van der Waals surface area contributed by atoms with E-state index in [2.05, 4.69) is 27.7 Å². The van der Waals surface area contributed by atoms with Gasteiger partial charge in [0, 0.05) is 34.9 Å². The SMILES string of the molecule is Cn1nnnc1-c1cc(/C=C/C(=O)O)sc1Cc1ccccc1. The van der Waals surface area contributed by atoms with Crippen LogP contribution < -0.4 is 0 Å². The summed E-state index contributed by atoms with van der Waals surface area (Å²) in [7, 11) is 1.78. The molecule has 6 nitrogen and oxygen atoms in total. The van der Waals surface area contributed by atoms with Gasteiger partial charge in [-0.15, -0.1) is 16.4 Å². The first kappa shape index (κ1) is 15.1. The predicted octanol–water partition coefficient (Wildman–Crippen LogP) is 2.63. The fraction of sp³-hybridized carbons (Fsp3) is 0.125. The maximum absolute atomic E-state index is 10.7. The van der Waals surface area contributed by atoms with Gasteiger partial charge in [-0.25, -0.2) is 9.48 Å². The highest BCUT2D eigenvalue weighted by Crippen LogP contribution is 2.32. The number of benzene rings is 1. The first-order valence-corrected chi connectivity index (χ1v) is 7.75. The summed E-state index contributed by atoms with van der Waals surface area (Å²) in [5, 5.41) is 20.4. The highest BCUT2D eigenvalue weighted by atomic mass is 32.1. The van der Waals surface area contributed by atoms with Crippen LogP contribution in [0.4, 0.5) is 0 Å². The van der Waals surface area contributed by atoms with Gasteiger partial charge in [-0.1, -0.05) is 30.3 Å². The summed E-state index contributed by atoms with van der Waals surface area (Å²) in [6, 6.07) is 12.0. The monoisotopic (exact) mass is 326 g/mol. The number of aliphatic carboxylic acids is 1. The molecule has 23 heavy (non-hydrogen) atoms. The van der Waals surface area contributed by atoms with E-state index in [9.17, 15) is 4.79 Å². The van der Waals surface area contributed by atoms with Crippen molar-refractivity contribution in [2.45, 2.75) is 6.42 Å². The maximum Gasteiger partial charge on any atom is 0.328 e. The Kier molecular flexibility index (Phi) is 4.29. The molecule has 0 radical (unpaired) electrons. The number of carboxylic acids is 1. The molecule has 1 N–H and O–H groups in total. The third-order valence-corrected chi connectivity index (χ3v) is 4.39. The minimum Gasteiger partial charge on any atom is -0.478 e. The largest absolute Gasteiger partial charge is 0.478 e. The van der Waals surface area contributed by atoms with Gasteiger partial charge in [-0.05, 0) is 28.1 Å². The van der Waals surface area contributed by atoms with E-state index >= 15 is 0 Å². The van der Waals surface area contributed by atoms with E-state index in [1.54, 1.807) is 29.1 Å². The van der Waals surface area contributed by atoms with Crippen molar-refractivity contribution in [1.29, 1.82) is 0 Å². The lowest BCUT2D eigenvalue weighted by Gasteiger charge is -2.02. The van der Waals surface area contributed by atoms with Crippen LogP contribution in [-0.4, -0.2) is 31.3 Å². The van der Waals surface area contributed by atoms with Crippen molar-refractivity contribution < 1.29 is 9.90 Å². The molecular formula is C16H14N4O2S. The average molecular weight is 326 g/mol. The fourth-order valence-electron chi connectivity index (χ4n) is 2.24. The lowest BCUT2D eigenvalue weighted by Crippen LogP contribution is -1.96. The van der Waals surface area contributed by atoms with Crippen molar-refractivity contribution in [3.05, 3.63) is 57.8 Å². The van der Waals surface area contributed by atoms with Crippen LogP contribution in [0.5, 0.6) is 0 Å². The second-order valence-corrected chi connectivity index (χ2v) is 6.11. The van der Waals surface area contributed by atoms with Gasteiger partial charge in [0.15, 0.2) is 5.82 Å². The van der Waals surface area contributed by atoms with Gasteiger partial charge in [-0.2, -0.15) is 0 Å². The van der Waals surface area contributed by atoms with Crippen molar-refractivity contribution in [2.24, 2.45) is 7.05 Å². The van der Waals surface area contributed by atoms with Crippen molar-refractivity contribution >= 4 is 23.4 Å². The Bertz CT molecular complexity index is 852. The van der Waals surface area contributed by atoms with Crippen molar-refractivity contribution in [3.63, 3.8) is 0 Å². The summed E-state index contributed by atoms with van der Waals surface area (Å²) >= 11 is 1.54. The minimum absolute atomic E-state index is 0.669. The van der Waals surface area contributed by atoms with E-state index in [0.717, 1.165) is 27.8 Å². The molecule has 0 spiro atoms. The van der Waals surface area contributed by atoms with Crippen LogP contribution in [0.3, 0.4) is 0 Å². The first-order valence-electron chi connectivity index (χ1n) is 6.94. The van der Waals surface area contributed by atoms with Gasteiger partial charge in [0.1, 0.15) is 0 Å². The molecule has 0 aliphatic heterocycles. The fourth-order valence-corrected chi connectivity index (χ4v) is 3.34. The summed E-state index contributed by atoms with van der Waals surface area (Å²) in [5.74, 6) is -0.299. The summed E-state index contributed by atoms with van der Waals surface area (Å²) in [4.78, 5) is 12.7. The van der Waals surface area contributed by atoms with E-state index in [0.29, 0.717) is 5.82 Å². The number of aromatic nitrogens is 4. The number of hydrogen-bond donors (Lipinski definition) is 1. The second kappa shape index (κ2) is 6.53. The van der Waals surface area contributed by atoms with E-state index < -0.39 is 5.97 Å². The maximum atomic E-state index is 10.7. The summed E-state index contributed by atoms with van der Waals surface area (Å²) in [6.45, 7) is 0. The Balaban J connectivity index is 2.02. The quantitative estimate of drug-likeness (QED) is 0.729. The number of tetrazole rings is 1. The smallest absolute Gasteiger partial charge is 0.328 e. The molecule has 2 heterocycles. The Morgan fingerprint density at radius 2 is 2.13 bits per heavy atom. The van der Waals surface area contributed by atoms with E-state index in [4.69, 9.17) is 5.11 Å². The normalized spacial score (nSPS) is 11.2. The van der Waals surface area contributed by atoms with Gasteiger partial charge < -0.3 is 5.11 Å². The first-order chi connectivity index (χ1) is 11.1. The lowest BCUT2D eigenvalue weighted by atomic mass is 10.1. The van der Waals surface area contributed by atoms with Gasteiger partial charge >= 0.3 is 5.97 Å². The van der Waals surface area contributed by atoms with Gasteiger partial charge in [0.2, 0.25) is 0 Å². The number of thiophene rings is 1. The topological polar surface area (TPSA) is 80.9 Å². The molecule has 0 saturated carbocycles. The number of carboxylic acid groups (broad SMARTS) is 1. The number of carbonyl (C=O) groups is 1. The highest BCUT2D eigenvalue weighted by Gasteiger charge is 2.15. The molecule has 0 atom stereocenters. The number of nitrogens with zero attached hydrogens (tertiary/aromatic N) is 4. The molecule has 0 aliphatic carbocycles.